The average molecular weight is 284 g/mol. The Bertz CT molecular complexity index is 608. The predicted octanol–water partition coefficient (Wildman–Crippen LogP) is 1.11. The molecule has 7 heteroatoms. The van der Waals surface area contributed by atoms with Crippen LogP contribution in [0, 0.1) is 0 Å². The lowest BCUT2D eigenvalue weighted by Crippen LogP contribution is -2.23. The monoisotopic (exact) mass is 284 g/mol. The van der Waals surface area contributed by atoms with Gasteiger partial charge in [0.25, 0.3) is 0 Å². The first-order valence-corrected chi connectivity index (χ1v) is 7.55. The van der Waals surface area contributed by atoms with E-state index < -0.39 is 10.0 Å². The van der Waals surface area contributed by atoms with Gasteiger partial charge in [0, 0.05) is 23.8 Å². The molecule has 2 aromatic rings. The number of aliphatic hydroxyl groups excluding tert-OH is 1. The van der Waals surface area contributed by atoms with E-state index in [1.54, 1.807) is 29.9 Å². The first kappa shape index (κ1) is 13.2. The fourth-order valence-electron chi connectivity index (χ4n) is 1.44. The minimum Gasteiger partial charge on any atom is -0.391 e. The topological polar surface area (TPSA) is 79.3 Å². The summed E-state index contributed by atoms with van der Waals surface area (Å²) in [4.78, 5) is 4.49. The van der Waals surface area contributed by atoms with Crippen LogP contribution >= 0.6 is 11.3 Å². The molecule has 0 aliphatic rings. The van der Waals surface area contributed by atoms with Gasteiger partial charge in [0.05, 0.1) is 11.5 Å². The molecule has 0 radical (unpaired) electrons. The minimum atomic E-state index is -3.59. The SMILES string of the molecule is O=S(=O)(NCc1cccnc1)c1ccsc1CO. The van der Waals surface area contributed by atoms with E-state index in [0.29, 0.717) is 4.88 Å². The van der Waals surface area contributed by atoms with Crippen LogP contribution in [0.2, 0.25) is 0 Å². The molecule has 0 aromatic carbocycles. The molecule has 2 heterocycles. The number of aromatic nitrogens is 1. The summed E-state index contributed by atoms with van der Waals surface area (Å²) in [7, 11) is -3.59. The lowest BCUT2D eigenvalue weighted by Gasteiger charge is -2.06. The predicted molar refractivity (Wildman–Crippen MR) is 68.5 cm³/mol. The van der Waals surface area contributed by atoms with E-state index in [4.69, 9.17) is 5.11 Å². The van der Waals surface area contributed by atoms with Crippen molar-refractivity contribution in [3.63, 3.8) is 0 Å². The van der Waals surface area contributed by atoms with Crippen LogP contribution in [-0.4, -0.2) is 18.5 Å². The van der Waals surface area contributed by atoms with Crippen molar-refractivity contribution in [2.75, 3.05) is 0 Å². The smallest absolute Gasteiger partial charge is 0.242 e. The van der Waals surface area contributed by atoms with Crippen molar-refractivity contribution in [3.05, 3.63) is 46.4 Å². The fraction of sp³-hybridized carbons (Fsp3) is 0.182. The molecule has 0 saturated heterocycles. The molecular formula is C11H12N2O3S2. The summed E-state index contributed by atoms with van der Waals surface area (Å²) in [5.41, 5.74) is 0.779. The van der Waals surface area contributed by atoms with Gasteiger partial charge in [-0.15, -0.1) is 11.3 Å². The van der Waals surface area contributed by atoms with Crippen LogP contribution in [0.4, 0.5) is 0 Å². The molecule has 0 atom stereocenters. The van der Waals surface area contributed by atoms with E-state index in [2.05, 4.69) is 9.71 Å². The molecular weight excluding hydrogens is 272 g/mol. The molecule has 96 valence electrons. The van der Waals surface area contributed by atoms with Crippen molar-refractivity contribution in [3.8, 4) is 0 Å². The molecule has 0 spiro atoms. The van der Waals surface area contributed by atoms with Gasteiger partial charge in [-0.2, -0.15) is 0 Å². The summed E-state index contributed by atoms with van der Waals surface area (Å²) in [5, 5.41) is 10.7. The molecule has 0 unspecified atom stereocenters. The highest BCUT2D eigenvalue weighted by atomic mass is 32.2. The van der Waals surface area contributed by atoms with Crippen LogP contribution in [0.25, 0.3) is 0 Å². The van der Waals surface area contributed by atoms with Gasteiger partial charge in [-0.1, -0.05) is 6.07 Å². The zero-order valence-electron chi connectivity index (χ0n) is 9.41. The number of nitrogens with one attached hydrogen (secondary N) is 1. The molecule has 2 rings (SSSR count). The number of rotatable bonds is 5. The maximum Gasteiger partial charge on any atom is 0.242 e. The first-order valence-electron chi connectivity index (χ1n) is 5.19. The van der Waals surface area contributed by atoms with Crippen LogP contribution < -0.4 is 4.72 Å². The van der Waals surface area contributed by atoms with Crippen LogP contribution in [0.1, 0.15) is 10.4 Å². The number of hydrogen-bond donors (Lipinski definition) is 2. The molecule has 5 nitrogen and oxygen atoms in total. The summed E-state index contributed by atoms with van der Waals surface area (Å²) in [6.45, 7) is -0.0995. The molecule has 0 aliphatic heterocycles. The van der Waals surface area contributed by atoms with Gasteiger partial charge in [0.15, 0.2) is 0 Å². The van der Waals surface area contributed by atoms with Gasteiger partial charge >= 0.3 is 0 Å². The second-order valence-corrected chi connectivity index (χ2v) is 6.29. The molecule has 0 bridgehead atoms. The van der Waals surface area contributed by atoms with E-state index in [9.17, 15) is 8.42 Å². The number of nitrogens with zero attached hydrogens (tertiary/aromatic N) is 1. The second kappa shape index (κ2) is 5.57. The first-order chi connectivity index (χ1) is 8.63. The van der Waals surface area contributed by atoms with E-state index >= 15 is 0 Å². The van der Waals surface area contributed by atoms with Gasteiger partial charge in [-0.05, 0) is 23.1 Å². The fourth-order valence-corrected chi connectivity index (χ4v) is 3.75. The lowest BCUT2D eigenvalue weighted by atomic mass is 10.3. The Morgan fingerprint density at radius 2 is 2.22 bits per heavy atom. The zero-order valence-corrected chi connectivity index (χ0v) is 11.0. The Hall–Kier alpha value is -1.28. The van der Waals surface area contributed by atoms with Crippen molar-refractivity contribution >= 4 is 21.4 Å². The Labute approximate surface area is 109 Å². The Morgan fingerprint density at radius 1 is 1.39 bits per heavy atom. The van der Waals surface area contributed by atoms with Crippen LogP contribution in [-0.2, 0) is 23.2 Å². The third-order valence-corrected chi connectivity index (χ3v) is 4.85. The lowest BCUT2D eigenvalue weighted by molar-refractivity contribution is 0.282. The molecule has 18 heavy (non-hydrogen) atoms. The summed E-state index contributed by atoms with van der Waals surface area (Å²) in [6.07, 6.45) is 3.23. The van der Waals surface area contributed by atoms with Gasteiger partial charge in [0.2, 0.25) is 10.0 Å². The Balaban J connectivity index is 2.13. The highest BCUT2D eigenvalue weighted by molar-refractivity contribution is 7.89. The highest BCUT2D eigenvalue weighted by Gasteiger charge is 2.18. The molecule has 2 N–H and O–H groups in total. The third-order valence-electron chi connectivity index (χ3n) is 2.33. The maximum absolute atomic E-state index is 12.0. The Kier molecular flexibility index (Phi) is 4.07. The molecule has 0 amide bonds. The van der Waals surface area contributed by atoms with Crippen LogP contribution in [0.5, 0.6) is 0 Å². The van der Waals surface area contributed by atoms with Crippen molar-refractivity contribution in [1.29, 1.82) is 0 Å². The van der Waals surface area contributed by atoms with Crippen molar-refractivity contribution in [1.82, 2.24) is 9.71 Å². The standard InChI is InChI=1S/C11H12N2O3S2/c14-8-10-11(3-5-17-10)18(15,16)13-7-9-2-1-4-12-6-9/h1-6,13-14H,7-8H2. The number of pyridine rings is 1. The van der Waals surface area contributed by atoms with Crippen molar-refractivity contribution in [2.24, 2.45) is 0 Å². The van der Waals surface area contributed by atoms with E-state index in [-0.39, 0.29) is 18.0 Å². The van der Waals surface area contributed by atoms with Crippen molar-refractivity contribution in [2.45, 2.75) is 18.0 Å². The number of hydrogen-bond acceptors (Lipinski definition) is 5. The van der Waals surface area contributed by atoms with E-state index in [1.165, 1.54) is 17.4 Å². The number of aliphatic hydroxyl groups is 1. The van der Waals surface area contributed by atoms with Gasteiger partial charge < -0.3 is 5.11 Å². The summed E-state index contributed by atoms with van der Waals surface area (Å²) < 4.78 is 26.5. The van der Waals surface area contributed by atoms with E-state index in [1.807, 2.05) is 0 Å². The number of sulfonamides is 1. The molecule has 0 saturated carbocycles. The number of thiophene rings is 1. The quantitative estimate of drug-likeness (QED) is 0.862. The largest absolute Gasteiger partial charge is 0.391 e. The van der Waals surface area contributed by atoms with E-state index in [0.717, 1.165) is 5.56 Å². The normalized spacial score (nSPS) is 11.6. The van der Waals surface area contributed by atoms with Crippen LogP contribution in [0.15, 0.2) is 40.9 Å². The second-order valence-electron chi connectivity index (χ2n) is 3.55. The third kappa shape index (κ3) is 2.94. The summed E-state index contributed by atoms with van der Waals surface area (Å²) >= 11 is 1.22. The molecule has 0 fully saturated rings. The van der Waals surface area contributed by atoms with Gasteiger partial charge in [-0.25, -0.2) is 13.1 Å². The molecule has 2 aromatic heterocycles. The zero-order chi connectivity index (χ0) is 13.0. The Morgan fingerprint density at radius 3 is 2.89 bits per heavy atom. The summed E-state index contributed by atoms with van der Waals surface area (Å²) in [6, 6.07) is 5.02. The highest BCUT2D eigenvalue weighted by Crippen LogP contribution is 2.21. The minimum absolute atomic E-state index is 0.138. The summed E-state index contributed by atoms with van der Waals surface area (Å²) in [5.74, 6) is 0. The average Bonchev–Trinajstić information content (AvgIpc) is 2.87. The van der Waals surface area contributed by atoms with Crippen molar-refractivity contribution < 1.29 is 13.5 Å². The van der Waals surface area contributed by atoms with Gasteiger partial charge in [-0.3, -0.25) is 4.98 Å². The molecule has 0 aliphatic carbocycles. The van der Waals surface area contributed by atoms with Gasteiger partial charge in [0.1, 0.15) is 0 Å². The maximum atomic E-state index is 12.0. The van der Waals surface area contributed by atoms with Crippen LogP contribution in [0.3, 0.4) is 0 Å².